The number of H-pyrrole nitrogens is 1. The van der Waals surface area contributed by atoms with E-state index in [1.165, 1.54) is 11.3 Å². The van der Waals surface area contributed by atoms with E-state index in [0.717, 1.165) is 16.8 Å². The first kappa shape index (κ1) is 17.7. The van der Waals surface area contributed by atoms with Crippen molar-refractivity contribution in [3.05, 3.63) is 68.4 Å². The van der Waals surface area contributed by atoms with E-state index in [0.29, 0.717) is 41.0 Å². The lowest BCUT2D eigenvalue weighted by Crippen LogP contribution is -2.36. The van der Waals surface area contributed by atoms with Crippen LogP contribution in [0.5, 0.6) is 0 Å². The maximum absolute atomic E-state index is 12.6. The molecule has 0 saturated carbocycles. The number of carbonyl (C=O) groups excluding carboxylic acids is 2. The van der Waals surface area contributed by atoms with Crippen LogP contribution in [-0.4, -0.2) is 38.4 Å². The zero-order chi connectivity index (χ0) is 18.8. The molecule has 0 aromatic carbocycles. The van der Waals surface area contributed by atoms with Gasteiger partial charge in [0.25, 0.3) is 11.8 Å². The van der Waals surface area contributed by atoms with Gasteiger partial charge in [-0.05, 0) is 30.2 Å². The number of pyridine rings is 1. The van der Waals surface area contributed by atoms with Gasteiger partial charge in [-0.15, -0.1) is 11.3 Å². The molecule has 2 N–H and O–H groups in total. The summed E-state index contributed by atoms with van der Waals surface area (Å²) < 4.78 is 0.588. The summed E-state index contributed by atoms with van der Waals surface area (Å²) in [5, 5.41) is 9.94. The molecule has 0 fully saturated rings. The molecule has 0 atom stereocenters. The van der Waals surface area contributed by atoms with Crippen LogP contribution in [0.1, 0.15) is 37.0 Å². The monoisotopic (exact) mass is 401 g/mol. The SMILES string of the molecule is O=C(NCc1cccnc1)c1n[nH]c2c1CCN(C(=O)c1ccc(Cl)s1)C2. The van der Waals surface area contributed by atoms with Crippen LogP contribution in [0.4, 0.5) is 0 Å². The molecule has 0 aliphatic carbocycles. The summed E-state index contributed by atoms with van der Waals surface area (Å²) in [4.78, 5) is 31.4. The molecule has 9 heteroatoms. The van der Waals surface area contributed by atoms with Crippen LogP contribution < -0.4 is 5.32 Å². The Balaban J connectivity index is 1.43. The zero-order valence-corrected chi connectivity index (χ0v) is 15.8. The highest BCUT2D eigenvalue weighted by Gasteiger charge is 2.28. The third-order valence-corrected chi connectivity index (χ3v) is 5.61. The molecule has 0 saturated heterocycles. The highest BCUT2D eigenvalue weighted by molar-refractivity contribution is 7.17. The molecule has 0 bridgehead atoms. The fraction of sp³-hybridized carbons (Fsp3) is 0.222. The standard InChI is InChI=1S/C18H16ClN5O2S/c19-15-4-3-14(27-15)18(26)24-7-5-12-13(10-24)22-23-16(12)17(25)21-9-11-2-1-6-20-8-11/h1-4,6,8H,5,7,9-10H2,(H,21,25)(H,22,23). The molecule has 1 aliphatic rings. The van der Waals surface area contributed by atoms with Crippen LogP contribution in [0.3, 0.4) is 0 Å². The van der Waals surface area contributed by atoms with Crippen LogP contribution in [0.25, 0.3) is 0 Å². The fourth-order valence-electron chi connectivity index (χ4n) is 3.03. The Hall–Kier alpha value is -2.71. The van der Waals surface area contributed by atoms with Crippen molar-refractivity contribution in [2.24, 2.45) is 0 Å². The minimum Gasteiger partial charge on any atom is -0.346 e. The first-order chi connectivity index (χ1) is 13.1. The lowest BCUT2D eigenvalue weighted by molar-refractivity contribution is 0.0737. The van der Waals surface area contributed by atoms with E-state index in [9.17, 15) is 9.59 Å². The number of nitrogens with one attached hydrogen (secondary N) is 2. The number of hydrogen-bond donors (Lipinski definition) is 2. The van der Waals surface area contributed by atoms with Crippen molar-refractivity contribution in [2.45, 2.75) is 19.5 Å². The van der Waals surface area contributed by atoms with E-state index in [2.05, 4.69) is 20.5 Å². The molecule has 0 spiro atoms. The minimum atomic E-state index is -0.235. The van der Waals surface area contributed by atoms with Gasteiger partial charge in [0.05, 0.1) is 21.5 Å². The molecule has 4 heterocycles. The molecule has 2 amide bonds. The Morgan fingerprint density at radius 3 is 2.96 bits per heavy atom. The minimum absolute atomic E-state index is 0.0604. The van der Waals surface area contributed by atoms with Crippen LogP contribution in [0, 0.1) is 0 Å². The topological polar surface area (TPSA) is 91.0 Å². The molecule has 7 nitrogen and oxygen atoms in total. The second-order valence-corrected chi connectivity index (χ2v) is 7.87. The summed E-state index contributed by atoms with van der Waals surface area (Å²) in [6.45, 7) is 1.31. The van der Waals surface area contributed by atoms with Gasteiger partial charge in [-0.2, -0.15) is 5.10 Å². The van der Waals surface area contributed by atoms with Crippen LogP contribution in [0.2, 0.25) is 4.34 Å². The average Bonchev–Trinajstić information content (AvgIpc) is 3.32. The molecule has 3 aromatic heterocycles. The van der Waals surface area contributed by atoms with E-state index in [1.807, 2.05) is 12.1 Å². The normalized spacial score (nSPS) is 13.3. The second-order valence-electron chi connectivity index (χ2n) is 6.15. The van der Waals surface area contributed by atoms with Gasteiger partial charge in [0, 0.05) is 31.0 Å². The summed E-state index contributed by atoms with van der Waals surface area (Å²) in [6.07, 6.45) is 3.97. The third-order valence-electron chi connectivity index (χ3n) is 4.40. The second kappa shape index (κ2) is 7.50. The number of nitrogens with zero attached hydrogens (tertiary/aromatic N) is 3. The van der Waals surface area contributed by atoms with Crippen LogP contribution >= 0.6 is 22.9 Å². The number of hydrogen-bond acceptors (Lipinski definition) is 5. The largest absolute Gasteiger partial charge is 0.346 e. The Morgan fingerprint density at radius 1 is 1.33 bits per heavy atom. The van der Waals surface area contributed by atoms with Gasteiger partial charge in [-0.3, -0.25) is 19.7 Å². The number of fused-ring (bicyclic) bond motifs is 1. The molecule has 1 aliphatic heterocycles. The highest BCUT2D eigenvalue weighted by atomic mass is 35.5. The quantitative estimate of drug-likeness (QED) is 0.703. The summed E-state index contributed by atoms with van der Waals surface area (Å²) in [6, 6.07) is 7.17. The van der Waals surface area contributed by atoms with E-state index >= 15 is 0 Å². The first-order valence-corrected chi connectivity index (χ1v) is 9.59. The summed E-state index contributed by atoms with van der Waals surface area (Å²) in [5.74, 6) is -0.295. The van der Waals surface area contributed by atoms with Crippen molar-refractivity contribution < 1.29 is 9.59 Å². The zero-order valence-electron chi connectivity index (χ0n) is 14.2. The molecular formula is C18H16ClN5O2S. The number of carbonyl (C=O) groups is 2. The van der Waals surface area contributed by atoms with Gasteiger partial charge < -0.3 is 10.2 Å². The lowest BCUT2D eigenvalue weighted by atomic mass is 10.0. The Bertz CT molecular complexity index is 985. The van der Waals surface area contributed by atoms with Crippen molar-refractivity contribution >= 4 is 34.8 Å². The highest BCUT2D eigenvalue weighted by Crippen LogP contribution is 2.26. The number of halogens is 1. The van der Waals surface area contributed by atoms with Gasteiger partial charge >= 0.3 is 0 Å². The van der Waals surface area contributed by atoms with E-state index < -0.39 is 0 Å². The number of thiophene rings is 1. The number of amides is 2. The van der Waals surface area contributed by atoms with Gasteiger partial charge in [0.1, 0.15) is 0 Å². The summed E-state index contributed by atoms with van der Waals surface area (Å²) >= 11 is 7.18. The van der Waals surface area contributed by atoms with E-state index in [-0.39, 0.29) is 11.8 Å². The van der Waals surface area contributed by atoms with Gasteiger partial charge in [0.15, 0.2) is 5.69 Å². The molecule has 0 radical (unpaired) electrons. The molecular weight excluding hydrogens is 386 g/mol. The van der Waals surface area contributed by atoms with Gasteiger partial charge in [-0.1, -0.05) is 17.7 Å². The van der Waals surface area contributed by atoms with Crippen LogP contribution in [0.15, 0.2) is 36.7 Å². The predicted octanol–water partition coefficient (Wildman–Crippen LogP) is 2.65. The van der Waals surface area contributed by atoms with E-state index in [1.54, 1.807) is 29.4 Å². The van der Waals surface area contributed by atoms with Crippen molar-refractivity contribution in [1.82, 2.24) is 25.4 Å². The van der Waals surface area contributed by atoms with Gasteiger partial charge in [0.2, 0.25) is 0 Å². The number of rotatable bonds is 4. The predicted molar refractivity (Wildman–Crippen MR) is 102 cm³/mol. The maximum atomic E-state index is 12.6. The Morgan fingerprint density at radius 2 is 2.22 bits per heavy atom. The third kappa shape index (κ3) is 3.72. The molecule has 3 aromatic rings. The van der Waals surface area contributed by atoms with Crippen molar-refractivity contribution in [2.75, 3.05) is 6.54 Å². The summed E-state index contributed by atoms with van der Waals surface area (Å²) in [7, 11) is 0. The smallest absolute Gasteiger partial charge is 0.272 e. The maximum Gasteiger partial charge on any atom is 0.272 e. The van der Waals surface area contributed by atoms with Crippen molar-refractivity contribution in [3.63, 3.8) is 0 Å². The lowest BCUT2D eigenvalue weighted by Gasteiger charge is -2.26. The number of aromatic amines is 1. The summed E-state index contributed by atoms with van der Waals surface area (Å²) in [5.41, 5.74) is 2.97. The van der Waals surface area contributed by atoms with Gasteiger partial charge in [-0.25, -0.2) is 0 Å². The van der Waals surface area contributed by atoms with E-state index in [4.69, 9.17) is 11.6 Å². The fourth-order valence-corrected chi connectivity index (χ4v) is 4.04. The Labute approximate surface area is 164 Å². The number of aromatic nitrogens is 3. The molecule has 138 valence electrons. The van der Waals surface area contributed by atoms with Crippen molar-refractivity contribution in [1.29, 1.82) is 0 Å². The van der Waals surface area contributed by atoms with Crippen molar-refractivity contribution in [3.8, 4) is 0 Å². The molecule has 0 unspecified atom stereocenters. The molecule has 27 heavy (non-hydrogen) atoms. The average molecular weight is 402 g/mol. The van der Waals surface area contributed by atoms with Crippen LogP contribution in [-0.2, 0) is 19.5 Å². The Kier molecular flexibility index (Phi) is 4.91. The molecule has 4 rings (SSSR count). The first-order valence-electron chi connectivity index (χ1n) is 8.39.